The van der Waals surface area contributed by atoms with Crippen LogP contribution in [0.25, 0.3) is 0 Å². The average Bonchev–Trinajstić information content (AvgIpc) is 2.57. The third-order valence-corrected chi connectivity index (χ3v) is 3.96. The van der Waals surface area contributed by atoms with Crippen LogP contribution in [0.2, 0.25) is 0 Å². The number of nitrogens with one attached hydrogen (secondary N) is 2. The van der Waals surface area contributed by atoms with Gasteiger partial charge in [0.15, 0.2) is 0 Å². The molecule has 2 heterocycles. The van der Waals surface area contributed by atoms with Crippen LogP contribution >= 0.6 is 0 Å². The van der Waals surface area contributed by atoms with Gasteiger partial charge in [-0.1, -0.05) is 36.4 Å². The molecule has 7 nitrogen and oxygen atoms in total. The minimum Gasteiger partial charge on any atom is -0.384 e. The third kappa shape index (κ3) is 3.69. The van der Waals surface area contributed by atoms with Gasteiger partial charge in [-0.25, -0.2) is 4.98 Å². The third-order valence-electron chi connectivity index (χ3n) is 3.96. The number of benzene rings is 1. The van der Waals surface area contributed by atoms with Crippen LogP contribution in [-0.2, 0) is 11.3 Å². The number of nitrogens with zero attached hydrogens (tertiary/aromatic N) is 2. The molecule has 0 spiro atoms. The van der Waals surface area contributed by atoms with E-state index in [1.165, 1.54) is 6.07 Å². The van der Waals surface area contributed by atoms with Crippen molar-refractivity contribution >= 4 is 17.6 Å². The molecule has 1 aliphatic rings. The van der Waals surface area contributed by atoms with E-state index in [-0.39, 0.29) is 23.5 Å². The van der Waals surface area contributed by atoms with E-state index >= 15 is 0 Å². The van der Waals surface area contributed by atoms with Gasteiger partial charge in [-0.15, -0.1) is 0 Å². The van der Waals surface area contributed by atoms with E-state index in [0.717, 1.165) is 18.5 Å². The summed E-state index contributed by atoms with van der Waals surface area (Å²) in [5, 5.41) is 0. The molecule has 24 heavy (non-hydrogen) atoms. The van der Waals surface area contributed by atoms with Gasteiger partial charge in [-0.3, -0.25) is 25.3 Å². The molecule has 1 aromatic carbocycles. The molecule has 1 atom stereocenters. The summed E-state index contributed by atoms with van der Waals surface area (Å²) in [6.07, 6.45) is 0.769. The zero-order valence-corrected chi connectivity index (χ0v) is 13.1. The van der Waals surface area contributed by atoms with Crippen molar-refractivity contribution in [3.8, 4) is 0 Å². The zero-order chi connectivity index (χ0) is 16.9. The van der Waals surface area contributed by atoms with E-state index in [4.69, 9.17) is 5.73 Å². The van der Waals surface area contributed by atoms with Crippen LogP contribution in [0.3, 0.4) is 0 Å². The molecule has 124 valence electrons. The van der Waals surface area contributed by atoms with Crippen LogP contribution in [0.4, 0.5) is 5.82 Å². The Labute approximate surface area is 139 Å². The highest BCUT2D eigenvalue weighted by Crippen LogP contribution is 2.20. The first kappa shape index (κ1) is 15.9. The Bertz CT molecular complexity index is 735. The molecular weight excluding hydrogens is 306 g/mol. The molecule has 1 aromatic heterocycles. The number of pyridine rings is 1. The normalized spacial score (nSPS) is 16.9. The van der Waals surface area contributed by atoms with E-state index in [9.17, 15) is 9.59 Å². The van der Waals surface area contributed by atoms with Crippen LogP contribution in [0, 0.1) is 0 Å². The first-order valence-corrected chi connectivity index (χ1v) is 7.74. The highest BCUT2D eigenvalue weighted by Gasteiger charge is 2.34. The lowest BCUT2D eigenvalue weighted by Gasteiger charge is -2.39. The Kier molecular flexibility index (Phi) is 4.72. The second-order valence-electron chi connectivity index (χ2n) is 5.65. The van der Waals surface area contributed by atoms with E-state index in [0.29, 0.717) is 6.54 Å². The Morgan fingerprint density at radius 3 is 2.58 bits per heavy atom. The van der Waals surface area contributed by atoms with Gasteiger partial charge in [0.05, 0.1) is 6.04 Å². The summed E-state index contributed by atoms with van der Waals surface area (Å²) in [4.78, 5) is 30.1. The molecule has 7 heteroatoms. The van der Waals surface area contributed by atoms with E-state index in [1.807, 2.05) is 30.3 Å². The van der Waals surface area contributed by atoms with Crippen molar-refractivity contribution in [3.05, 3.63) is 59.8 Å². The fourth-order valence-corrected chi connectivity index (χ4v) is 2.59. The topological polar surface area (TPSA) is 100 Å². The molecule has 0 aliphatic carbocycles. The highest BCUT2D eigenvalue weighted by atomic mass is 16.2. The Morgan fingerprint density at radius 2 is 1.92 bits per heavy atom. The zero-order valence-electron chi connectivity index (χ0n) is 13.1. The number of nitrogens with two attached hydrogens (primary N) is 1. The van der Waals surface area contributed by atoms with Gasteiger partial charge in [0.2, 0.25) is 0 Å². The van der Waals surface area contributed by atoms with Gasteiger partial charge < -0.3 is 5.73 Å². The molecule has 0 saturated carbocycles. The van der Waals surface area contributed by atoms with Crippen molar-refractivity contribution in [1.29, 1.82) is 0 Å². The molecule has 1 aliphatic heterocycles. The van der Waals surface area contributed by atoms with Gasteiger partial charge in [-0.2, -0.15) is 0 Å². The van der Waals surface area contributed by atoms with Crippen molar-refractivity contribution in [3.63, 3.8) is 0 Å². The Balaban J connectivity index is 1.51. The molecule has 3 rings (SSSR count). The Hall–Kier alpha value is -2.93. The van der Waals surface area contributed by atoms with Gasteiger partial charge in [0.25, 0.3) is 11.8 Å². The maximum Gasteiger partial charge on any atom is 0.288 e. The molecule has 2 aromatic rings. The summed E-state index contributed by atoms with van der Waals surface area (Å²) in [6, 6.07) is 14.5. The Morgan fingerprint density at radius 1 is 1.12 bits per heavy atom. The molecule has 0 bridgehead atoms. The average molecular weight is 325 g/mol. The second kappa shape index (κ2) is 7.10. The fourth-order valence-electron chi connectivity index (χ4n) is 2.59. The molecule has 0 radical (unpaired) electrons. The maximum atomic E-state index is 12.2. The van der Waals surface area contributed by atoms with Gasteiger partial charge in [0.1, 0.15) is 11.5 Å². The SMILES string of the molecule is Nc1cccc(C(=O)NNC(=O)C2CCN2Cc2ccccc2)n1. The minimum atomic E-state index is -0.496. The lowest BCUT2D eigenvalue weighted by molar-refractivity contribution is -0.132. The number of carbonyl (C=O) groups is 2. The number of carbonyl (C=O) groups excluding carboxylic acids is 2. The summed E-state index contributed by atoms with van der Waals surface area (Å²) >= 11 is 0. The summed E-state index contributed by atoms with van der Waals surface area (Å²) in [7, 11) is 0. The lowest BCUT2D eigenvalue weighted by atomic mass is 10.0. The van der Waals surface area contributed by atoms with Crippen LogP contribution in [0.1, 0.15) is 22.5 Å². The minimum absolute atomic E-state index is 0.157. The molecular formula is C17H19N5O2. The van der Waals surface area contributed by atoms with Crippen molar-refractivity contribution < 1.29 is 9.59 Å². The van der Waals surface area contributed by atoms with Crippen molar-refractivity contribution in [1.82, 2.24) is 20.7 Å². The van der Waals surface area contributed by atoms with Crippen molar-refractivity contribution in [2.45, 2.75) is 19.0 Å². The first-order chi connectivity index (χ1) is 11.6. The van der Waals surface area contributed by atoms with Crippen LogP contribution < -0.4 is 16.6 Å². The van der Waals surface area contributed by atoms with E-state index in [2.05, 4.69) is 20.7 Å². The smallest absolute Gasteiger partial charge is 0.288 e. The number of hydrazine groups is 1. The maximum absolute atomic E-state index is 12.2. The van der Waals surface area contributed by atoms with E-state index in [1.54, 1.807) is 12.1 Å². The number of aromatic nitrogens is 1. The van der Waals surface area contributed by atoms with Gasteiger partial charge in [0, 0.05) is 13.1 Å². The molecule has 2 amide bonds. The van der Waals surface area contributed by atoms with Crippen LogP contribution in [0.15, 0.2) is 48.5 Å². The number of rotatable bonds is 4. The second-order valence-corrected chi connectivity index (χ2v) is 5.65. The number of hydrogen-bond acceptors (Lipinski definition) is 5. The number of likely N-dealkylation sites (tertiary alicyclic amines) is 1. The first-order valence-electron chi connectivity index (χ1n) is 7.74. The molecule has 1 unspecified atom stereocenters. The van der Waals surface area contributed by atoms with Crippen molar-refractivity contribution in [2.75, 3.05) is 12.3 Å². The van der Waals surface area contributed by atoms with Crippen molar-refractivity contribution in [2.24, 2.45) is 0 Å². The summed E-state index contributed by atoms with van der Waals surface area (Å²) in [6.45, 7) is 1.57. The van der Waals surface area contributed by atoms with Crippen LogP contribution in [0.5, 0.6) is 0 Å². The predicted molar refractivity (Wildman–Crippen MR) is 89.5 cm³/mol. The standard InChI is InChI=1S/C17H19N5O2/c18-15-8-4-7-13(19-15)16(23)20-21-17(24)14-9-10-22(14)11-12-5-2-1-3-6-12/h1-8,14H,9-11H2,(H2,18,19)(H,20,23)(H,21,24). The molecule has 1 fully saturated rings. The summed E-state index contributed by atoms with van der Waals surface area (Å²) in [5.41, 5.74) is 11.7. The predicted octanol–water partition coefficient (Wildman–Crippen LogP) is 0.699. The number of nitrogen functional groups attached to an aromatic ring is 1. The highest BCUT2D eigenvalue weighted by molar-refractivity contribution is 5.94. The monoisotopic (exact) mass is 325 g/mol. The largest absolute Gasteiger partial charge is 0.384 e. The number of amides is 2. The van der Waals surface area contributed by atoms with Gasteiger partial charge in [-0.05, 0) is 24.1 Å². The fraction of sp³-hybridized carbons (Fsp3) is 0.235. The lowest BCUT2D eigenvalue weighted by Crippen LogP contribution is -2.58. The summed E-state index contributed by atoms with van der Waals surface area (Å²) in [5.74, 6) is -0.471. The summed E-state index contributed by atoms with van der Waals surface area (Å²) < 4.78 is 0. The molecule has 4 N–H and O–H groups in total. The number of anilines is 1. The number of hydrogen-bond donors (Lipinski definition) is 3. The molecule has 1 saturated heterocycles. The quantitative estimate of drug-likeness (QED) is 0.719. The van der Waals surface area contributed by atoms with E-state index < -0.39 is 5.91 Å². The van der Waals surface area contributed by atoms with Crippen LogP contribution in [-0.4, -0.2) is 34.3 Å². The van der Waals surface area contributed by atoms with Gasteiger partial charge >= 0.3 is 0 Å².